The van der Waals surface area contributed by atoms with E-state index in [1.54, 1.807) is 0 Å². The molecule has 29 heavy (non-hydrogen) atoms. The minimum absolute atomic E-state index is 0.00607. The van der Waals surface area contributed by atoms with E-state index in [9.17, 15) is 9.90 Å². The number of aromatic nitrogens is 2. The number of aliphatic hydroxyl groups excluding tert-OH is 1. The number of nitrogens with zero attached hydrogens (tertiary/aromatic N) is 3. The second kappa shape index (κ2) is 7.07. The van der Waals surface area contributed by atoms with E-state index < -0.39 is 0 Å². The zero-order valence-corrected chi connectivity index (χ0v) is 16.7. The highest BCUT2D eigenvalue weighted by atomic mass is 16.5. The Hall–Kier alpha value is -2.51. The Balaban J connectivity index is 1.47. The number of anilines is 2. The molecule has 0 atom stereocenters. The van der Waals surface area contributed by atoms with Crippen molar-refractivity contribution in [3.05, 3.63) is 35.2 Å². The number of aryl methyl sites for hydroxylation is 1. The number of rotatable bonds is 3. The van der Waals surface area contributed by atoms with Gasteiger partial charge in [-0.3, -0.25) is 4.79 Å². The molecule has 0 aliphatic carbocycles. The third kappa shape index (κ3) is 3.18. The lowest BCUT2D eigenvalue weighted by atomic mass is 9.88. The first-order valence-electron chi connectivity index (χ1n) is 10.4. The Labute approximate surface area is 170 Å². The van der Waals surface area contributed by atoms with E-state index in [4.69, 9.17) is 14.7 Å². The van der Waals surface area contributed by atoms with Crippen LogP contribution in [0.5, 0.6) is 0 Å². The summed E-state index contributed by atoms with van der Waals surface area (Å²) >= 11 is 0. The van der Waals surface area contributed by atoms with E-state index in [2.05, 4.69) is 10.2 Å². The molecule has 1 aromatic carbocycles. The molecular weight excluding hydrogens is 368 g/mol. The quantitative estimate of drug-likeness (QED) is 0.832. The van der Waals surface area contributed by atoms with Gasteiger partial charge in [-0.15, -0.1) is 0 Å². The van der Waals surface area contributed by atoms with Crippen molar-refractivity contribution < 1.29 is 14.6 Å². The fraction of sp³-hybridized carbons (Fsp3) is 0.500. The maximum atomic E-state index is 11.9. The van der Waals surface area contributed by atoms with Crippen molar-refractivity contribution in [1.29, 1.82) is 0 Å². The molecule has 2 N–H and O–H groups in total. The van der Waals surface area contributed by atoms with Crippen LogP contribution in [0.25, 0.3) is 11.3 Å². The molecule has 1 amide bonds. The predicted molar refractivity (Wildman–Crippen MR) is 110 cm³/mol. The molecule has 3 aliphatic heterocycles. The summed E-state index contributed by atoms with van der Waals surface area (Å²) in [6.45, 7) is 4.35. The molecule has 3 aliphatic rings. The summed E-state index contributed by atoms with van der Waals surface area (Å²) < 4.78 is 6.03. The molecule has 0 unspecified atom stereocenters. The van der Waals surface area contributed by atoms with Gasteiger partial charge in [-0.05, 0) is 38.2 Å². The average molecular weight is 394 g/mol. The third-order valence-electron chi connectivity index (χ3n) is 6.45. The highest BCUT2D eigenvalue weighted by molar-refractivity contribution is 6.03. The number of ether oxygens (including phenoxy) is 1. The Bertz CT molecular complexity index is 959. The van der Waals surface area contributed by atoms with Gasteiger partial charge in [-0.1, -0.05) is 18.2 Å². The first-order valence-corrected chi connectivity index (χ1v) is 10.4. The molecule has 152 valence electrons. The Morgan fingerprint density at radius 2 is 2.07 bits per heavy atom. The van der Waals surface area contributed by atoms with E-state index in [1.165, 1.54) is 0 Å². The smallest absolute Gasteiger partial charge is 0.228 e. The van der Waals surface area contributed by atoms with Gasteiger partial charge in [0.2, 0.25) is 5.91 Å². The van der Waals surface area contributed by atoms with Crippen LogP contribution < -0.4 is 10.2 Å². The van der Waals surface area contributed by atoms with Crippen molar-refractivity contribution in [2.75, 3.05) is 29.9 Å². The van der Waals surface area contributed by atoms with Gasteiger partial charge in [0.15, 0.2) is 5.82 Å². The van der Waals surface area contributed by atoms with Gasteiger partial charge in [-0.25, -0.2) is 9.97 Å². The lowest BCUT2D eigenvalue weighted by Crippen LogP contribution is -2.44. The van der Waals surface area contributed by atoms with Crippen LogP contribution in [0.1, 0.15) is 42.6 Å². The van der Waals surface area contributed by atoms with Crippen LogP contribution in [0.15, 0.2) is 18.2 Å². The number of benzene rings is 1. The number of hydrogen-bond donors (Lipinski definition) is 2. The van der Waals surface area contributed by atoms with Crippen LogP contribution in [0.2, 0.25) is 0 Å². The summed E-state index contributed by atoms with van der Waals surface area (Å²) in [4.78, 5) is 23.7. The maximum absolute atomic E-state index is 11.9. The van der Waals surface area contributed by atoms with Gasteiger partial charge < -0.3 is 20.1 Å². The third-order valence-corrected chi connectivity index (χ3v) is 6.45. The van der Waals surface area contributed by atoms with Crippen LogP contribution in [0.3, 0.4) is 0 Å². The molecule has 2 aromatic rings. The summed E-state index contributed by atoms with van der Waals surface area (Å²) in [5.74, 6) is 0.756. The largest absolute Gasteiger partial charge is 0.390 e. The number of nitrogens with one attached hydrogen (secondary N) is 1. The van der Waals surface area contributed by atoms with Crippen molar-refractivity contribution >= 4 is 17.4 Å². The lowest BCUT2D eigenvalue weighted by molar-refractivity contribution is -0.115. The van der Waals surface area contributed by atoms with E-state index >= 15 is 0 Å². The molecule has 2 saturated heterocycles. The first kappa shape index (κ1) is 18.5. The first-order chi connectivity index (χ1) is 14.1. The molecule has 5 rings (SSSR count). The van der Waals surface area contributed by atoms with Crippen molar-refractivity contribution in [1.82, 2.24) is 9.97 Å². The van der Waals surface area contributed by atoms with Crippen LogP contribution in [0, 0.1) is 6.92 Å². The number of carbonyl (C=O) groups excluding carboxylic acids is 1. The molecule has 1 spiro atoms. The second-order valence-electron chi connectivity index (χ2n) is 8.27. The summed E-state index contributed by atoms with van der Waals surface area (Å²) in [5.41, 5.74) is 4.77. The highest BCUT2D eigenvalue weighted by Gasteiger charge is 2.39. The van der Waals surface area contributed by atoms with Crippen LogP contribution >= 0.6 is 0 Å². The predicted octanol–water partition coefficient (Wildman–Crippen LogP) is 2.59. The van der Waals surface area contributed by atoms with Gasteiger partial charge in [0.05, 0.1) is 35.7 Å². The van der Waals surface area contributed by atoms with Gasteiger partial charge in [-0.2, -0.15) is 0 Å². The molecule has 7 nitrogen and oxygen atoms in total. The molecule has 1 aromatic heterocycles. The normalized spacial score (nSPS) is 20.2. The number of hydrogen-bond acceptors (Lipinski definition) is 6. The lowest BCUT2D eigenvalue weighted by Gasteiger charge is -2.39. The zero-order chi connectivity index (χ0) is 20.0. The summed E-state index contributed by atoms with van der Waals surface area (Å²) in [7, 11) is 0. The Morgan fingerprint density at radius 3 is 2.79 bits per heavy atom. The molecule has 0 saturated carbocycles. The van der Waals surface area contributed by atoms with Gasteiger partial charge in [0.25, 0.3) is 0 Å². The maximum Gasteiger partial charge on any atom is 0.228 e. The average Bonchev–Trinajstić information content (AvgIpc) is 3.34. The monoisotopic (exact) mass is 394 g/mol. The van der Waals surface area contributed by atoms with Crippen molar-refractivity contribution in [3.8, 4) is 11.3 Å². The number of piperidine rings is 1. The SMILES string of the molecule is Cc1nc(N2CCC3(CCCO3)CC2)c(CO)nc1-c1cccc2c1NC(=O)C2. The van der Waals surface area contributed by atoms with E-state index in [0.717, 1.165) is 73.7 Å². The van der Waals surface area contributed by atoms with Gasteiger partial charge >= 0.3 is 0 Å². The van der Waals surface area contributed by atoms with Gasteiger partial charge in [0.1, 0.15) is 5.69 Å². The molecule has 4 heterocycles. The Morgan fingerprint density at radius 1 is 1.24 bits per heavy atom. The summed E-state index contributed by atoms with van der Waals surface area (Å²) in [5, 5.41) is 13.0. The minimum Gasteiger partial charge on any atom is -0.390 e. The van der Waals surface area contributed by atoms with Crippen molar-refractivity contribution in [2.24, 2.45) is 0 Å². The number of fused-ring (bicyclic) bond motifs is 1. The van der Waals surface area contributed by atoms with E-state index in [0.29, 0.717) is 17.8 Å². The fourth-order valence-electron chi connectivity index (χ4n) is 4.88. The van der Waals surface area contributed by atoms with Gasteiger partial charge in [0, 0.05) is 25.3 Å². The number of amides is 1. The molecule has 2 fully saturated rings. The van der Waals surface area contributed by atoms with Crippen LogP contribution in [0.4, 0.5) is 11.5 Å². The number of para-hydroxylation sites is 1. The second-order valence-corrected chi connectivity index (χ2v) is 8.27. The Kier molecular flexibility index (Phi) is 4.52. The summed E-state index contributed by atoms with van der Waals surface area (Å²) in [6, 6.07) is 5.84. The minimum atomic E-state index is -0.171. The zero-order valence-electron chi connectivity index (χ0n) is 16.7. The molecular formula is C22H26N4O3. The molecule has 0 bridgehead atoms. The van der Waals surface area contributed by atoms with Crippen LogP contribution in [-0.2, 0) is 22.6 Å². The standard InChI is InChI=1S/C22H26N4O3/c1-14-19(16-5-2-4-15-12-18(28)25-20(15)16)24-17(13-27)21(23-14)26-9-7-22(8-10-26)6-3-11-29-22/h2,4-5,27H,3,6-13H2,1H3,(H,25,28). The fourth-order valence-corrected chi connectivity index (χ4v) is 4.88. The van der Waals surface area contributed by atoms with Crippen molar-refractivity contribution in [3.63, 3.8) is 0 Å². The topological polar surface area (TPSA) is 87.6 Å². The number of carbonyl (C=O) groups is 1. The molecule has 7 heteroatoms. The highest BCUT2D eigenvalue weighted by Crippen LogP contribution is 2.39. The van der Waals surface area contributed by atoms with E-state index in [1.807, 2.05) is 25.1 Å². The van der Waals surface area contributed by atoms with E-state index in [-0.39, 0.29) is 18.1 Å². The van der Waals surface area contributed by atoms with Crippen molar-refractivity contribution in [2.45, 2.75) is 51.2 Å². The molecule has 0 radical (unpaired) electrons. The number of aliphatic hydroxyl groups is 1. The van der Waals surface area contributed by atoms with Crippen LogP contribution in [-0.4, -0.2) is 46.3 Å². The summed E-state index contributed by atoms with van der Waals surface area (Å²) in [6.07, 6.45) is 4.64.